The summed E-state index contributed by atoms with van der Waals surface area (Å²) in [7, 11) is 2.05. The van der Waals surface area contributed by atoms with Crippen molar-refractivity contribution in [2.24, 2.45) is 18.2 Å². The maximum atomic E-state index is 5.93. The first-order valence-corrected chi connectivity index (χ1v) is 9.78. The van der Waals surface area contributed by atoms with Crippen molar-refractivity contribution < 1.29 is 0 Å². The van der Waals surface area contributed by atoms with Gasteiger partial charge in [-0.15, -0.1) is 0 Å². The zero-order valence-electron chi connectivity index (χ0n) is 16.3. The first kappa shape index (κ1) is 17.2. The van der Waals surface area contributed by atoms with Gasteiger partial charge in [0.2, 0.25) is 5.65 Å². The Bertz CT molecular complexity index is 1150. The Morgan fingerprint density at radius 2 is 2.04 bits per heavy atom. The molecule has 1 saturated heterocycles. The van der Waals surface area contributed by atoms with Crippen molar-refractivity contribution in [1.82, 2.24) is 24.7 Å². The van der Waals surface area contributed by atoms with E-state index in [9.17, 15) is 0 Å². The Hall–Kier alpha value is -2.93. The smallest absolute Gasteiger partial charge is 0.202 e. The minimum absolute atomic E-state index is 0.238. The van der Waals surface area contributed by atoms with E-state index in [1.54, 1.807) is 0 Å². The summed E-state index contributed by atoms with van der Waals surface area (Å²) in [5.74, 6) is 0.891. The van der Waals surface area contributed by atoms with E-state index in [-0.39, 0.29) is 5.41 Å². The largest absolute Gasteiger partial charge is 0.355 e. The summed E-state index contributed by atoms with van der Waals surface area (Å²) in [4.78, 5) is 11.8. The average Bonchev–Trinajstić information content (AvgIpc) is 3.32. The normalized spacial score (nSPS) is 16.9. The summed E-state index contributed by atoms with van der Waals surface area (Å²) >= 11 is 0. The van der Waals surface area contributed by atoms with Crippen molar-refractivity contribution in [2.45, 2.75) is 19.8 Å². The monoisotopic (exact) mass is 375 g/mol. The number of nitrogens with one attached hydrogen (secondary N) is 1. The Balaban J connectivity index is 1.51. The van der Waals surface area contributed by atoms with Crippen LogP contribution < -0.4 is 10.6 Å². The molecule has 4 aromatic rings. The van der Waals surface area contributed by atoms with Gasteiger partial charge in [-0.25, -0.2) is 9.97 Å². The lowest BCUT2D eigenvalue weighted by molar-refractivity contribution is 0.258. The molecule has 0 unspecified atom stereocenters. The Morgan fingerprint density at radius 1 is 1.21 bits per heavy atom. The van der Waals surface area contributed by atoms with Gasteiger partial charge in [-0.1, -0.05) is 19.1 Å². The number of hydrogen-bond acceptors (Lipinski definition) is 5. The standard InChI is InChI=1S/C21H25N7/c1-21(13-22)7-10-28(11-8-21)17-12-23-19-18(25-26-20(19)24-17)15-4-3-5-16-14(15)6-9-27(16)2/h3-6,9,12H,7-8,10-11,13,22H2,1-2H3,(H,24,25,26). The lowest BCUT2D eigenvalue weighted by atomic mass is 9.80. The fourth-order valence-electron chi connectivity index (χ4n) is 4.13. The van der Waals surface area contributed by atoms with E-state index >= 15 is 0 Å². The molecule has 3 N–H and O–H groups in total. The molecule has 0 atom stereocenters. The van der Waals surface area contributed by atoms with Gasteiger partial charge in [-0.05, 0) is 36.9 Å². The van der Waals surface area contributed by atoms with E-state index in [1.807, 2.05) is 6.20 Å². The van der Waals surface area contributed by atoms with Gasteiger partial charge in [0.05, 0.1) is 11.9 Å². The molecule has 0 saturated carbocycles. The molecule has 1 aromatic carbocycles. The van der Waals surface area contributed by atoms with Crippen LogP contribution in [0.25, 0.3) is 33.3 Å². The van der Waals surface area contributed by atoms with E-state index in [0.29, 0.717) is 5.65 Å². The summed E-state index contributed by atoms with van der Waals surface area (Å²) < 4.78 is 2.12. The molecule has 1 fully saturated rings. The molecule has 0 amide bonds. The second kappa shape index (κ2) is 6.31. The van der Waals surface area contributed by atoms with Crippen LogP contribution in [0.2, 0.25) is 0 Å². The number of anilines is 1. The van der Waals surface area contributed by atoms with Crippen LogP contribution in [0.5, 0.6) is 0 Å². The van der Waals surface area contributed by atoms with Crippen molar-refractivity contribution in [1.29, 1.82) is 0 Å². The predicted molar refractivity (Wildman–Crippen MR) is 112 cm³/mol. The summed E-state index contributed by atoms with van der Waals surface area (Å²) in [6, 6.07) is 8.41. The quantitative estimate of drug-likeness (QED) is 0.574. The Labute approximate surface area is 163 Å². The van der Waals surface area contributed by atoms with E-state index in [1.165, 1.54) is 10.9 Å². The maximum Gasteiger partial charge on any atom is 0.202 e. The molecule has 1 aliphatic heterocycles. The van der Waals surface area contributed by atoms with Crippen LogP contribution in [-0.4, -0.2) is 44.4 Å². The zero-order chi connectivity index (χ0) is 19.3. The number of aromatic amines is 1. The molecular formula is C21H25N7. The summed E-state index contributed by atoms with van der Waals surface area (Å²) in [6.07, 6.45) is 6.09. The van der Waals surface area contributed by atoms with Crippen LogP contribution >= 0.6 is 0 Å². The number of nitrogens with two attached hydrogens (primary N) is 1. The number of H-pyrrole nitrogens is 1. The van der Waals surface area contributed by atoms with Crippen LogP contribution in [0.4, 0.5) is 5.82 Å². The van der Waals surface area contributed by atoms with Crippen LogP contribution in [-0.2, 0) is 7.05 Å². The molecular weight excluding hydrogens is 350 g/mol. The number of fused-ring (bicyclic) bond motifs is 2. The van der Waals surface area contributed by atoms with E-state index in [4.69, 9.17) is 15.7 Å². The third-order valence-corrected chi connectivity index (χ3v) is 6.24. The second-order valence-electron chi connectivity index (χ2n) is 8.17. The van der Waals surface area contributed by atoms with Crippen molar-refractivity contribution in [3.05, 3.63) is 36.7 Å². The fraction of sp³-hybridized carbons (Fsp3) is 0.381. The lowest BCUT2D eigenvalue weighted by Gasteiger charge is -2.39. The molecule has 0 aliphatic carbocycles. The van der Waals surface area contributed by atoms with Gasteiger partial charge in [0.25, 0.3) is 0 Å². The number of piperidine rings is 1. The van der Waals surface area contributed by atoms with E-state index in [2.05, 4.69) is 64.1 Å². The molecule has 7 heteroatoms. The fourth-order valence-corrected chi connectivity index (χ4v) is 4.13. The molecule has 1 aliphatic rings. The third-order valence-electron chi connectivity index (χ3n) is 6.24. The first-order valence-electron chi connectivity index (χ1n) is 9.78. The molecule has 0 radical (unpaired) electrons. The number of nitrogens with zero attached hydrogens (tertiary/aromatic N) is 5. The number of aryl methyl sites for hydroxylation is 1. The van der Waals surface area contributed by atoms with Gasteiger partial charge in [0.15, 0.2) is 0 Å². The predicted octanol–water partition coefficient (Wildman–Crippen LogP) is 3.08. The van der Waals surface area contributed by atoms with Gasteiger partial charge in [-0.2, -0.15) is 5.10 Å². The Kier molecular flexibility index (Phi) is 3.87. The van der Waals surface area contributed by atoms with Crippen molar-refractivity contribution in [2.75, 3.05) is 24.5 Å². The SMILES string of the molecule is Cn1ccc2c(-c3[nH]nc4nc(N5CCC(C)(CN)CC5)cnc34)cccc21. The highest BCUT2D eigenvalue weighted by atomic mass is 15.2. The maximum absolute atomic E-state index is 5.93. The second-order valence-corrected chi connectivity index (χ2v) is 8.17. The van der Waals surface area contributed by atoms with Crippen LogP contribution in [0.1, 0.15) is 19.8 Å². The van der Waals surface area contributed by atoms with Crippen LogP contribution in [0.15, 0.2) is 36.7 Å². The topological polar surface area (TPSA) is 88.7 Å². The highest BCUT2D eigenvalue weighted by Gasteiger charge is 2.29. The van der Waals surface area contributed by atoms with Crippen LogP contribution in [0.3, 0.4) is 0 Å². The van der Waals surface area contributed by atoms with Crippen LogP contribution in [0, 0.1) is 5.41 Å². The summed E-state index contributed by atoms with van der Waals surface area (Å²) in [5.41, 5.74) is 10.8. The summed E-state index contributed by atoms with van der Waals surface area (Å²) in [5, 5.41) is 8.80. The van der Waals surface area contributed by atoms with Gasteiger partial charge >= 0.3 is 0 Å². The highest BCUT2D eigenvalue weighted by molar-refractivity contribution is 6.00. The minimum Gasteiger partial charge on any atom is -0.355 e. The van der Waals surface area contributed by atoms with Crippen molar-refractivity contribution >= 4 is 27.9 Å². The first-order chi connectivity index (χ1) is 13.6. The lowest BCUT2D eigenvalue weighted by Crippen LogP contribution is -2.42. The van der Waals surface area contributed by atoms with E-state index < -0.39 is 0 Å². The van der Waals surface area contributed by atoms with Gasteiger partial charge in [0, 0.05) is 42.8 Å². The molecule has 5 rings (SSSR count). The summed E-state index contributed by atoms with van der Waals surface area (Å²) in [6.45, 7) is 4.91. The molecule has 7 nitrogen and oxygen atoms in total. The van der Waals surface area contributed by atoms with Gasteiger partial charge < -0.3 is 15.2 Å². The third kappa shape index (κ3) is 2.65. The average molecular weight is 375 g/mol. The molecule has 3 aromatic heterocycles. The highest BCUT2D eigenvalue weighted by Crippen LogP contribution is 2.33. The number of benzene rings is 1. The molecule has 144 valence electrons. The minimum atomic E-state index is 0.238. The van der Waals surface area contributed by atoms with Gasteiger partial charge in [-0.3, -0.25) is 5.10 Å². The Morgan fingerprint density at radius 3 is 2.82 bits per heavy atom. The van der Waals surface area contributed by atoms with Crippen molar-refractivity contribution in [3.8, 4) is 11.3 Å². The number of rotatable bonds is 3. The zero-order valence-corrected chi connectivity index (χ0v) is 16.3. The van der Waals surface area contributed by atoms with Crippen molar-refractivity contribution in [3.63, 3.8) is 0 Å². The van der Waals surface area contributed by atoms with Gasteiger partial charge in [0.1, 0.15) is 11.3 Å². The molecule has 4 heterocycles. The molecule has 0 bridgehead atoms. The molecule has 28 heavy (non-hydrogen) atoms. The number of hydrogen-bond donors (Lipinski definition) is 2. The molecule has 0 spiro atoms. The number of aromatic nitrogens is 5. The van der Waals surface area contributed by atoms with E-state index in [0.717, 1.165) is 55.1 Å².